The highest BCUT2D eigenvalue weighted by atomic mass is 35.5. The van der Waals surface area contributed by atoms with Crippen LogP contribution in [0.2, 0.25) is 0 Å². The van der Waals surface area contributed by atoms with Crippen LogP contribution in [0.4, 0.5) is 0 Å². The molecule has 0 aromatic carbocycles. The molecular formula is C17H27ClN6. The van der Waals surface area contributed by atoms with Gasteiger partial charge in [0.25, 0.3) is 0 Å². The molecule has 0 aliphatic carbocycles. The van der Waals surface area contributed by atoms with E-state index in [0.717, 1.165) is 37.1 Å². The summed E-state index contributed by atoms with van der Waals surface area (Å²) < 4.78 is 2.20. The third-order valence-electron chi connectivity index (χ3n) is 5.16. The normalized spacial score (nSPS) is 22.8. The summed E-state index contributed by atoms with van der Waals surface area (Å²) in [5.74, 6) is 0.829. The SMILES string of the molecule is Cc1cc(C)n2c(CN3CCC(N4CCNCC4)C3)cnc2n1.Cl. The van der Waals surface area contributed by atoms with E-state index in [0.29, 0.717) is 0 Å². The predicted molar refractivity (Wildman–Crippen MR) is 97.8 cm³/mol. The van der Waals surface area contributed by atoms with Crippen LogP contribution in [-0.2, 0) is 6.54 Å². The number of aryl methyl sites for hydroxylation is 2. The van der Waals surface area contributed by atoms with E-state index in [1.54, 1.807) is 0 Å². The van der Waals surface area contributed by atoms with Crippen molar-refractivity contribution in [3.8, 4) is 0 Å². The maximum atomic E-state index is 4.54. The molecule has 132 valence electrons. The molecule has 4 heterocycles. The van der Waals surface area contributed by atoms with Crippen molar-refractivity contribution in [3.05, 3.63) is 29.3 Å². The number of piperazine rings is 1. The molecule has 2 saturated heterocycles. The van der Waals surface area contributed by atoms with Gasteiger partial charge in [-0.25, -0.2) is 9.97 Å². The molecule has 2 aliphatic rings. The summed E-state index contributed by atoms with van der Waals surface area (Å²) >= 11 is 0. The third-order valence-corrected chi connectivity index (χ3v) is 5.16. The van der Waals surface area contributed by atoms with Gasteiger partial charge in [0.05, 0.1) is 11.9 Å². The largest absolute Gasteiger partial charge is 0.314 e. The van der Waals surface area contributed by atoms with Crippen molar-refractivity contribution in [1.82, 2.24) is 29.5 Å². The van der Waals surface area contributed by atoms with Crippen LogP contribution in [0.3, 0.4) is 0 Å². The Morgan fingerprint density at radius 3 is 2.79 bits per heavy atom. The molecule has 0 saturated carbocycles. The molecule has 0 radical (unpaired) electrons. The lowest BCUT2D eigenvalue weighted by molar-refractivity contribution is 0.170. The van der Waals surface area contributed by atoms with Gasteiger partial charge in [-0.1, -0.05) is 0 Å². The lowest BCUT2D eigenvalue weighted by Gasteiger charge is -2.32. The van der Waals surface area contributed by atoms with Crippen LogP contribution in [0.5, 0.6) is 0 Å². The Hall–Kier alpha value is -1.21. The molecule has 0 amide bonds. The summed E-state index contributed by atoms with van der Waals surface area (Å²) in [4.78, 5) is 14.3. The number of fused-ring (bicyclic) bond motifs is 1. The maximum Gasteiger partial charge on any atom is 0.234 e. The van der Waals surface area contributed by atoms with Crippen LogP contribution in [-0.4, -0.2) is 69.5 Å². The highest BCUT2D eigenvalue weighted by molar-refractivity contribution is 5.85. The molecule has 1 N–H and O–H groups in total. The third kappa shape index (κ3) is 3.42. The van der Waals surface area contributed by atoms with Crippen molar-refractivity contribution >= 4 is 18.2 Å². The van der Waals surface area contributed by atoms with Crippen molar-refractivity contribution in [2.45, 2.75) is 32.9 Å². The summed E-state index contributed by atoms with van der Waals surface area (Å²) in [7, 11) is 0. The molecule has 4 rings (SSSR count). The number of likely N-dealkylation sites (tertiary alicyclic amines) is 1. The molecule has 0 spiro atoms. The molecular weight excluding hydrogens is 324 g/mol. The first kappa shape index (κ1) is 17.6. The lowest BCUT2D eigenvalue weighted by Crippen LogP contribution is -2.49. The quantitative estimate of drug-likeness (QED) is 0.902. The minimum Gasteiger partial charge on any atom is -0.314 e. The van der Waals surface area contributed by atoms with Crippen LogP contribution < -0.4 is 5.32 Å². The maximum absolute atomic E-state index is 4.54. The van der Waals surface area contributed by atoms with E-state index >= 15 is 0 Å². The van der Waals surface area contributed by atoms with Crippen LogP contribution in [0.1, 0.15) is 23.5 Å². The molecule has 1 atom stereocenters. The highest BCUT2D eigenvalue weighted by Crippen LogP contribution is 2.19. The Morgan fingerprint density at radius 1 is 1.21 bits per heavy atom. The average Bonchev–Trinajstić information content (AvgIpc) is 3.16. The van der Waals surface area contributed by atoms with Crippen molar-refractivity contribution in [2.75, 3.05) is 39.3 Å². The van der Waals surface area contributed by atoms with Crippen molar-refractivity contribution in [1.29, 1.82) is 0 Å². The number of aromatic nitrogens is 3. The van der Waals surface area contributed by atoms with Gasteiger partial charge in [0.15, 0.2) is 0 Å². The summed E-state index contributed by atoms with van der Waals surface area (Å²) in [5.41, 5.74) is 3.51. The van der Waals surface area contributed by atoms with Crippen molar-refractivity contribution < 1.29 is 0 Å². The van der Waals surface area contributed by atoms with Gasteiger partial charge < -0.3 is 5.32 Å². The lowest BCUT2D eigenvalue weighted by atomic mass is 10.2. The van der Waals surface area contributed by atoms with E-state index < -0.39 is 0 Å². The van der Waals surface area contributed by atoms with Gasteiger partial charge in [-0.15, -0.1) is 12.4 Å². The van der Waals surface area contributed by atoms with Gasteiger partial charge in [-0.05, 0) is 26.3 Å². The number of hydrogen-bond acceptors (Lipinski definition) is 5. The minimum absolute atomic E-state index is 0. The molecule has 2 fully saturated rings. The number of nitrogens with zero attached hydrogens (tertiary/aromatic N) is 5. The van der Waals surface area contributed by atoms with Gasteiger partial charge in [0, 0.05) is 63.2 Å². The Kier molecular flexibility index (Phi) is 5.39. The van der Waals surface area contributed by atoms with Crippen molar-refractivity contribution in [3.63, 3.8) is 0 Å². The summed E-state index contributed by atoms with van der Waals surface area (Å²) in [6, 6.07) is 2.85. The second-order valence-corrected chi connectivity index (χ2v) is 6.89. The van der Waals surface area contributed by atoms with Gasteiger partial charge in [0.1, 0.15) is 0 Å². The highest BCUT2D eigenvalue weighted by Gasteiger charge is 2.28. The zero-order valence-corrected chi connectivity index (χ0v) is 15.3. The summed E-state index contributed by atoms with van der Waals surface area (Å²) in [5, 5.41) is 3.44. The van der Waals surface area contributed by atoms with E-state index in [1.165, 1.54) is 44.0 Å². The van der Waals surface area contributed by atoms with E-state index in [2.05, 4.69) is 42.5 Å². The first-order valence-electron chi connectivity index (χ1n) is 8.68. The zero-order valence-electron chi connectivity index (χ0n) is 14.5. The van der Waals surface area contributed by atoms with Crippen LogP contribution in [0.25, 0.3) is 5.78 Å². The van der Waals surface area contributed by atoms with E-state index in [-0.39, 0.29) is 12.4 Å². The van der Waals surface area contributed by atoms with Crippen LogP contribution >= 0.6 is 12.4 Å². The molecule has 2 aromatic rings. The summed E-state index contributed by atoms with van der Waals surface area (Å²) in [6.07, 6.45) is 3.28. The number of hydrogen-bond donors (Lipinski definition) is 1. The molecule has 2 aromatic heterocycles. The number of halogens is 1. The molecule has 24 heavy (non-hydrogen) atoms. The van der Waals surface area contributed by atoms with Gasteiger partial charge >= 0.3 is 0 Å². The molecule has 7 heteroatoms. The van der Waals surface area contributed by atoms with E-state index in [1.807, 2.05) is 13.1 Å². The van der Waals surface area contributed by atoms with Crippen LogP contribution in [0.15, 0.2) is 12.3 Å². The Bertz CT molecular complexity index is 694. The standard InChI is InChI=1S/C17H26N6.ClH/c1-13-9-14(2)23-16(10-19-17(23)20-13)12-21-6-3-15(11-21)22-7-4-18-5-8-22;/h9-10,15,18H,3-8,11-12H2,1-2H3;1H. The fraction of sp³-hybridized carbons (Fsp3) is 0.647. The van der Waals surface area contributed by atoms with Gasteiger partial charge in [-0.3, -0.25) is 14.2 Å². The molecule has 0 bridgehead atoms. The Labute approximate surface area is 149 Å². The fourth-order valence-electron chi connectivity index (χ4n) is 4.04. The monoisotopic (exact) mass is 350 g/mol. The first-order valence-corrected chi connectivity index (χ1v) is 8.68. The first-order chi connectivity index (χ1) is 11.2. The topological polar surface area (TPSA) is 48.7 Å². The number of nitrogens with one attached hydrogen (secondary N) is 1. The predicted octanol–water partition coefficient (Wildman–Crippen LogP) is 1.25. The van der Waals surface area contributed by atoms with Gasteiger partial charge in [0.2, 0.25) is 5.78 Å². The second kappa shape index (κ2) is 7.35. The fourth-order valence-corrected chi connectivity index (χ4v) is 4.04. The molecule has 1 unspecified atom stereocenters. The van der Waals surface area contributed by atoms with E-state index in [4.69, 9.17) is 0 Å². The van der Waals surface area contributed by atoms with E-state index in [9.17, 15) is 0 Å². The second-order valence-electron chi connectivity index (χ2n) is 6.89. The average molecular weight is 351 g/mol. The zero-order chi connectivity index (χ0) is 15.8. The van der Waals surface area contributed by atoms with Gasteiger partial charge in [-0.2, -0.15) is 0 Å². The van der Waals surface area contributed by atoms with Crippen LogP contribution in [0, 0.1) is 13.8 Å². The minimum atomic E-state index is 0. The Balaban J connectivity index is 0.00000169. The molecule has 2 aliphatic heterocycles. The van der Waals surface area contributed by atoms with Crippen molar-refractivity contribution in [2.24, 2.45) is 0 Å². The molecule has 6 nitrogen and oxygen atoms in total. The Morgan fingerprint density at radius 2 is 2.00 bits per heavy atom. The number of rotatable bonds is 3. The smallest absolute Gasteiger partial charge is 0.234 e. The summed E-state index contributed by atoms with van der Waals surface area (Å²) in [6.45, 7) is 12.1. The number of imidazole rings is 1.